The molecule has 1 aromatic carbocycles. The van der Waals surface area contributed by atoms with Crippen molar-refractivity contribution in [1.82, 2.24) is 30.1 Å². The van der Waals surface area contributed by atoms with Crippen molar-refractivity contribution >= 4 is 10.9 Å². The lowest BCUT2D eigenvalue weighted by Gasteiger charge is -2.27. The Kier molecular flexibility index (Phi) is 7.20. The van der Waals surface area contributed by atoms with Crippen LogP contribution in [0.1, 0.15) is 69.3 Å². The van der Waals surface area contributed by atoms with Crippen LogP contribution in [-0.4, -0.2) is 56.0 Å². The van der Waals surface area contributed by atoms with Gasteiger partial charge in [-0.1, -0.05) is 19.3 Å². The molecule has 1 aliphatic heterocycles. The number of fused-ring (bicyclic) bond motifs is 1. The molecule has 9 nitrogen and oxygen atoms in total. The molecule has 1 N–H and O–H groups in total. The number of pyridine rings is 1. The van der Waals surface area contributed by atoms with E-state index in [2.05, 4.69) is 25.4 Å². The van der Waals surface area contributed by atoms with Crippen molar-refractivity contribution in [3.05, 3.63) is 46.0 Å². The molecule has 182 valence electrons. The van der Waals surface area contributed by atoms with E-state index in [0.29, 0.717) is 25.7 Å². The number of nitrogens with one attached hydrogen (secondary N) is 1. The van der Waals surface area contributed by atoms with Gasteiger partial charge in [-0.05, 0) is 67.3 Å². The second-order valence-electron chi connectivity index (χ2n) is 9.44. The number of H-pyrrole nitrogens is 1. The highest BCUT2D eigenvalue weighted by Crippen LogP contribution is 2.28. The Morgan fingerprint density at radius 3 is 2.82 bits per heavy atom. The fraction of sp³-hybridized carbons (Fsp3) is 0.600. The van der Waals surface area contributed by atoms with Crippen molar-refractivity contribution in [2.45, 2.75) is 77.1 Å². The summed E-state index contributed by atoms with van der Waals surface area (Å²) in [5, 5.41) is 13.7. The number of hydrogen-bond donors (Lipinski definition) is 1. The van der Waals surface area contributed by atoms with Crippen LogP contribution in [0.5, 0.6) is 5.75 Å². The minimum absolute atomic E-state index is 0.0686. The highest BCUT2D eigenvalue weighted by Gasteiger charge is 2.25. The van der Waals surface area contributed by atoms with Crippen molar-refractivity contribution < 1.29 is 9.47 Å². The lowest BCUT2D eigenvalue weighted by atomic mass is 9.95. The second kappa shape index (κ2) is 10.7. The molecule has 1 aliphatic carbocycles. The van der Waals surface area contributed by atoms with Gasteiger partial charge in [-0.25, -0.2) is 4.68 Å². The number of benzene rings is 1. The largest absolute Gasteiger partial charge is 0.494 e. The highest BCUT2D eigenvalue weighted by molar-refractivity contribution is 5.80. The van der Waals surface area contributed by atoms with Gasteiger partial charge in [0.15, 0.2) is 5.82 Å². The van der Waals surface area contributed by atoms with Gasteiger partial charge < -0.3 is 14.5 Å². The molecule has 0 amide bonds. The first kappa shape index (κ1) is 23.0. The average molecular weight is 467 g/mol. The summed E-state index contributed by atoms with van der Waals surface area (Å²) in [6, 6.07) is 8.10. The molecule has 5 rings (SSSR count). The number of nitrogens with zero attached hydrogens (tertiary/aromatic N) is 5. The predicted molar refractivity (Wildman–Crippen MR) is 129 cm³/mol. The number of aromatic nitrogens is 5. The third kappa shape index (κ3) is 5.31. The summed E-state index contributed by atoms with van der Waals surface area (Å²) in [6.07, 6.45) is 8.26. The Balaban J connectivity index is 1.40. The van der Waals surface area contributed by atoms with Gasteiger partial charge in [0.2, 0.25) is 0 Å². The Labute approximate surface area is 199 Å². The fourth-order valence-electron chi connectivity index (χ4n) is 5.23. The first-order valence-corrected chi connectivity index (χ1v) is 12.6. The molecule has 0 radical (unpaired) electrons. The lowest BCUT2D eigenvalue weighted by Crippen LogP contribution is -2.34. The van der Waals surface area contributed by atoms with Crippen molar-refractivity contribution in [2.75, 3.05) is 19.8 Å². The summed E-state index contributed by atoms with van der Waals surface area (Å²) in [7, 11) is 0. The SMILES string of the molecule is CCOc1ccc2[nH]c(=O)c(CN(Cc3nnnn3C3CCCCC3)C[C@@H]3CCCO3)cc2c1. The van der Waals surface area contributed by atoms with E-state index in [1.165, 1.54) is 19.3 Å². The van der Waals surface area contributed by atoms with E-state index in [-0.39, 0.29) is 11.7 Å². The lowest BCUT2D eigenvalue weighted by molar-refractivity contribution is 0.0659. The van der Waals surface area contributed by atoms with Crippen LogP contribution >= 0.6 is 0 Å². The van der Waals surface area contributed by atoms with E-state index in [1.54, 1.807) is 0 Å². The third-order valence-corrected chi connectivity index (χ3v) is 6.93. The van der Waals surface area contributed by atoms with E-state index >= 15 is 0 Å². The molecule has 2 fully saturated rings. The zero-order valence-corrected chi connectivity index (χ0v) is 19.9. The summed E-state index contributed by atoms with van der Waals surface area (Å²) in [5.41, 5.74) is 1.46. The van der Waals surface area contributed by atoms with Crippen LogP contribution in [0.2, 0.25) is 0 Å². The van der Waals surface area contributed by atoms with Gasteiger partial charge >= 0.3 is 0 Å². The monoisotopic (exact) mass is 466 g/mol. The van der Waals surface area contributed by atoms with Gasteiger partial charge in [0.05, 0.1) is 25.3 Å². The Bertz CT molecular complexity index is 1150. The quantitative estimate of drug-likeness (QED) is 0.514. The molecule has 2 aliphatic rings. The van der Waals surface area contributed by atoms with E-state index < -0.39 is 0 Å². The standard InChI is InChI=1S/C25H34N6O3/c1-2-33-21-10-11-23-18(14-21)13-19(25(32)26-23)15-30(16-22-9-6-12-34-22)17-24-27-28-29-31(24)20-7-4-3-5-8-20/h10-11,13-14,20,22H,2-9,12,15-17H2,1H3,(H,26,32)/t22-/m0/s1. The zero-order chi connectivity index (χ0) is 23.3. The van der Waals surface area contributed by atoms with Gasteiger partial charge in [0.1, 0.15) is 5.75 Å². The summed E-state index contributed by atoms with van der Waals surface area (Å²) < 4.78 is 13.6. The molecule has 0 unspecified atom stereocenters. The molecule has 1 atom stereocenters. The third-order valence-electron chi connectivity index (χ3n) is 6.93. The molecule has 0 bridgehead atoms. The van der Waals surface area contributed by atoms with E-state index in [1.807, 2.05) is 35.9 Å². The van der Waals surface area contributed by atoms with Gasteiger partial charge in [0.25, 0.3) is 5.56 Å². The smallest absolute Gasteiger partial charge is 0.252 e. The molecule has 2 aromatic heterocycles. The Morgan fingerprint density at radius 1 is 1.15 bits per heavy atom. The molecular formula is C25H34N6O3. The first-order valence-electron chi connectivity index (χ1n) is 12.6. The summed E-state index contributed by atoms with van der Waals surface area (Å²) in [6.45, 7) is 5.20. The molecule has 9 heteroatoms. The summed E-state index contributed by atoms with van der Waals surface area (Å²) in [4.78, 5) is 18.2. The van der Waals surface area contributed by atoms with Crippen molar-refractivity contribution in [1.29, 1.82) is 0 Å². The van der Waals surface area contributed by atoms with Gasteiger partial charge in [-0.3, -0.25) is 9.69 Å². The fourth-order valence-corrected chi connectivity index (χ4v) is 5.23. The molecule has 0 spiro atoms. The van der Waals surface area contributed by atoms with Crippen LogP contribution in [0.3, 0.4) is 0 Å². The minimum atomic E-state index is -0.0686. The normalized spacial score (nSPS) is 19.3. The average Bonchev–Trinajstić information content (AvgIpc) is 3.53. The minimum Gasteiger partial charge on any atom is -0.494 e. The number of ether oxygens (including phenoxy) is 2. The Hall–Kier alpha value is -2.78. The van der Waals surface area contributed by atoms with Crippen LogP contribution in [0.25, 0.3) is 10.9 Å². The summed E-state index contributed by atoms with van der Waals surface area (Å²) in [5.74, 6) is 1.66. The summed E-state index contributed by atoms with van der Waals surface area (Å²) >= 11 is 0. The van der Waals surface area contributed by atoms with Crippen molar-refractivity contribution in [3.63, 3.8) is 0 Å². The van der Waals surface area contributed by atoms with Crippen LogP contribution in [-0.2, 0) is 17.8 Å². The van der Waals surface area contributed by atoms with E-state index in [4.69, 9.17) is 9.47 Å². The molecule has 34 heavy (non-hydrogen) atoms. The maximum Gasteiger partial charge on any atom is 0.252 e. The van der Waals surface area contributed by atoms with Crippen molar-refractivity contribution in [3.8, 4) is 5.75 Å². The number of aromatic amines is 1. The van der Waals surface area contributed by atoms with Crippen LogP contribution in [0.15, 0.2) is 29.1 Å². The first-order chi connectivity index (χ1) is 16.7. The van der Waals surface area contributed by atoms with Gasteiger partial charge in [-0.2, -0.15) is 0 Å². The van der Waals surface area contributed by atoms with Crippen LogP contribution in [0, 0.1) is 0 Å². The van der Waals surface area contributed by atoms with Gasteiger partial charge in [-0.15, -0.1) is 5.10 Å². The maximum absolute atomic E-state index is 12.9. The number of tetrazole rings is 1. The van der Waals surface area contributed by atoms with E-state index in [0.717, 1.165) is 66.9 Å². The Morgan fingerprint density at radius 2 is 2.03 bits per heavy atom. The van der Waals surface area contributed by atoms with Crippen LogP contribution in [0.4, 0.5) is 0 Å². The zero-order valence-electron chi connectivity index (χ0n) is 19.9. The van der Waals surface area contributed by atoms with Gasteiger partial charge in [0, 0.05) is 36.2 Å². The highest BCUT2D eigenvalue weighted by atomic mass is 16.5. The molecule has 3 aromatic rings. The molecule has 1 saturated heterocycles. The number of rotatable bonds is 9. The number of hydrogen-bond acceptors (Lipinski definition) is 7. The second-order valence-corrected chi connectivity index (χ2v) is 9.44. The van der Waals surface area contributed by atoms with E-state index in [9.17, 15) is 4.79 Å². The topological polar surface area (TPSA) is 98.2 Å². The maximum atomic E-state index is 12.9. The van der Waals surface area contributed by atoms with Crippen LogP contribution < -0.4 is 10.3 Å². The molecular weight excluding hydrogens is 432 g/mol. The van der Waals surface area contributed by atoms with Crippen molar-refractivity contribution in [2.24, 2.45) is 0 Å². The molecule has 1 saturated carbocycles. The predicted octanol–water partition coefficient (Wildman–Crippen LogP) is 3.60. The molecule has 3 heterocycles.